The van der Waals surface area contributed by atoms with Gasteiger partial charge in [0.25, 0.3) is 0 Å². The van der Waals surface area contributed by atoms with Crippen LogP contribution in [0.4, 0.5) is 0 Å². The number of rotatable bonds is 11. The summed E-state index contributed by atoms with van der Waals surface area (Å²) in [6, 6.07) is 26.8. The first kappa shape index (κ1) is 24.4. The van der Waals surface area contributed by atoms with Gasteiger partial charge in [0.2, 0.25) is 11.8 Å². The highest BCUT2D eigenvalue weighted by Crippen LogP contribution is 2.22. The zero-order valence-corrected chi connectivity index (χ0v) is 19.9. The van der Waals surface area contributed by atoms with E-state index in [2.05, 4.69) is 5.32 Å². The zero-order valence-electron chi connectivity index (χ0n) is 19.1. The number of nitrogens with zero attached hydrogens (tertiary/aromatic N) is 1. The summed E-state index contributed by atoms with van der Waals surface area (Å²) < 4.78 is 5.35. The maximum atomic E-state index is 13.4. The van der Waals surface area contributed by atoms with Crippen LogP contribution in [-0.4, -0.2) is 42.7 Å². The molecule has 33 heavy (non-hydrogen) atoms. The molecule has 0 aliphatic heterocycles. The number of thioether (sulfide) groups is 1. The number of ether oxygens (including phenoxy) is 1. The van der Waals surface area contributed by atoms with Crippen molar-refractivity contribution in [1.29, 1.82) is 0 Å². The van der Waals surface area contributed by atoms with Gasteiger partial charge in [0, 0.05) is 37.1 Å². The lowest BCUT2D eigenvalue weighted by molar-refractivity contribution is -0.140. The average Bonchev–Trinajstić information content (AvgIpc) is 2.87. The lowest BCUT2D eigenvalue weighted by atomic mass is 10.0. The Morgan fingerprint density at radius 3 is 2.27 bits per heavy atom. The molecule has 6 heteroatoms. The van der Waals surface area contributed by atoms with E-state index >= 15 is 0 Å². The number of carbonyl (C=O) groups excluding carboxylic acids is 2. The summed E-state index contributed by atoms with van der Waals surface area (Å²) in [5, 5.41) is 2.75. The maximum absolute atomic E-state index is 13.4. The van der Waals surface area contributed by atoms with Crippen LogP contribution in [0.15, 0.2) is 89.8 Å². The predicted octanol–water partition coefficient (Wildman–Crippen LogP) is 4.56. The van der Waals surface area contributed by atoms with Crippen molar-refractivity contribution in [3.8, 4) is 5.75 Å². The van der Waals surface area contributed by atoms with Gasteiger partial charge in [-0.1, -0.05) is 60.7 Å². The second-order valence-corrected chi connectivity index (χ2v) is 8.77. The Bertz CT molecular complexity index is 1030. The fourth-order valence-corrected chi connectivity index (χ4v) is 4.47. The number of methoxy groups -OCH3 is 1. The maximum Gasteiger partial charge on any atom is 0.242 e. The molecule has 0 heterocycles. The molecule has 0 aliphatic carbocycles. The van der Waals surface area contributed by atoms with E-state index in [4.69, 9.17) is 4.74 Å². The highest BCUT2D eigenvalue weighted by Gasteiger charge is 2.29. The fraction of sp³-hybridized carbons (Fsp3) is 0.259. The summed E-state index contributed by atoms with van der Waals surface area (Å²) in [6.07, 6.45) is 0.786. The molecule has 0 aliphatic rings. The molecule has 1 N–H and O–H groups in total. The first-order valence-electron chi connectivity index (χ1n) is 11.0. The number of hydrogen-bond acceptors (Lipinski definition) is 4. The molecule has 0 radical (unpaired) electrons. The van der Waals surface area contributed by atoms with Crippen molar-refractivity contribution in [1.82, 2.24) is 10.2 Å². The first-order valence-corrected chi connectivity index (χ1v) is 11.9. The molecule has 0 fully saturated rings. The Labute approximate surface area is 200 Å². The summed E-state index contributed by atoms with van der Waals surface area (Å²) >= 11 is 1.64. The highest BCUT2D eigenvalue weighted by molar-refractivity contribution is 7.99. The third-order valence-electron chi connectivity index (χ3n) is 5.33. The Morgan fingerprint density at radius 2 is 1.61 bits per heavy atom. The van der Waals surface area contributed by atoms with Crippen molar-refractivity contribution >= 4 is 23.6 Å². The highest BCUT2D eigenvalue weighted by atomic mass is 32.2. The molecule has 0 saturated carbocycles. The number of carbonyl (C=O) groups is 2. The molecule has 3 rings (SSSR count). The van der Waals surface area contributed by atoms with Gasteiger partial charge >= 0.3 is 0 Å². The minimum absolute atomic E-state index is 0.0502. The quantitative estimate of drug-likeness (QED) is 0.424. The van der Waals surface area contributed by atoms with Gasteiger partial charge < -0.3 is 15.0 Å². The molecule has 0 saturated heterocycles. The molecular formula is C27H30N2O3S. The normalized spacial score (nSPS) is 11.5. The molecule has 0 spiro atoms. The Morgan fingerprint density at radius 1 is 0.939 bits per heavy atom. The van der Waals surface area contributed by atoms with Crippen molar-refractivity contribution in [2.45, 2.75) is 30.3 Å². The van der Waals surface area contributed by atoms with E-state index in [1.165, 1.54) is 0 Å². The number of hydrogen-bond donors (Lipinski definition) is 1. The van der Waals surface area contributed by atoms with Gasteiger partial charge in [-0.3, -0.25) is 9.59 Å². The van der Waals surface area contributed by atoms with Crippen LogP contribution < -0.4 is 10.1 Å². The summed E-state index contributed by atoms with van der Waals surface area (Å²) in [4.78, 5) is 29.2. The van der Waals surface area contributed by atoms with Crippen LogP contribution in [0.5, 0.6) is 5.75 Å². The number of nitrogens with one attached hydrogen (secondary N) is 1. The van der Waals surface area contributed by atoms with Gasteiger partial charge in [0.15, 0.2) is 0 Å². The van der Waals surface area contributed by atoms with E-state index in [1.54, 1.807) is 30.8 Å². The second-order valence-electron chi connectivity index (χ2n) is 7.60. The predicted molar refractivity (Wildman–Crippen MR) is 133 cm³/mol. The standard InChI is InChI=1S/C27H30N2O3S/c1-28-27(31)25(19-21-10-5-3-6-11-21)29(20-22-12-9-13-23(18-22)32-2)26(30)16-17-33-24-14-7-4-8-15-24/h3-15,18,25H,16-17,19-20H2,1-2H3,(H,28,31)/t25-/m0/s1. The van der Waals surface area contributed by atoms with Gasteiger partial charge in [0.05, 0.1) is 7.11 Å². The van der Waals surface area contributed by atoms with Gasteiger partial charge in [-0.05, 0) is 35.4 Å². The van der Waals surface area contributed by atoms with Crippen LogP contribution >= 0.6 is 11.8 Å². The van der Waals surface area contributed by atoms with Crippen LogP contribution in [0.3, 0.4) is 0 Å². The van der Waals surface area contributed by atoms with Crippen LogP contribution in [0.1, 0.15) is 17.5 Å². The van der Waals surface area contributed by atoms with E-state index < -0.39 is 6.04 Å². The topological polar surface area (TPSA) is 58.6 Å². The summed E-state index contributed by atoms with van der Waals surface area (Å²) in [6.45, 7) is 0.330. The molecule has 3 aromatic rings. The molecule has 2 amide bonds. The molecule has 3 aromatic carbocycles. The van der Waals surface area contributed by atoms with Crippen molar-refractivity contribution < 1.29 is 14.3 Å². The minimum Gasteiger partial charge on any atom is -0.497 e. The molecule has 5 nitrogen and oxygen atoms in total. The van der Waals surface area contributed by atoms with Crippen LogP contribution in [0.2, 0.25) is 0 Å². The minimum atomic E-state index is -0.613. The molecule has 0 bridgehead atoms. The van der Waals surface area contributed by atoms with Gasteiger partial charge in [0.1, 0.15) is 11.8 Å². The lowest BCUT2D eigenvalue weighted by Gasteiger charge is -2.31. The van der Waals surface area contributed by atoms with Crippen molar-refractivity contribution in [2.24, 2.45) is 0 Å². The molecule has 0 unspecified atom stereocenters. The fourth-order valence-electron chi connectivity index (χ4n) is 3.60. The number of amides is 2. The Balaban J connectivity index is 1.82. The molecule has 1 atom stereocenters. The Hall–Kier alpha value is -3.25. The van der Waals surface area contributed by atoms with Crippen LogP contribution in [0, 0.1) is 0 Å². The first-order chi connectivity index (χ1) is 16.1. The smallest absolute Gasteiger partial charge is 0.242 e. The van der Waals surface area contributed by atoms with E-state index in [0.717, 1.165) is 21.8 Å². The molecule has 0 aromatic heterocycles. The van der Waals surface area contributed by atoms with Crippen LogP contribution in [0.25, 0.3) is 0 Å². The van der Waals surface area contributed by atoms with E-state index in [1.807, 2.05) is 84.9 Å². The molecule has 172 valence electrons. The van der Waals surface area contributed by atoms with E-state index in [9.17, 15) is 9.59 Å². The van der Waals surface area contributed by atoms with Crippen molar-refractivity contribution in [3.63, 3.8) is 0 Å². The summed E-state index contributed by atoms with van der Waals surface area (Å²) in [5.41, 5.74) is 1.92. The third-order valence-corrected chi connectivity index (χ3v) is 6.35. The van der Waals surface area contributed by atoms with Crippen molar-refractivity contribution in [3.05, 3.63) is 96.1 Å². The number of benzene rings is 3. The zero-order chi connectivity index (χ0) is 23.5. The molecular weight excluding hydrogens is 432 g/mol. The number of likely N-dealkylation sites (N-methyl/N-ethyl adjacent to an activating group) is 1. The van der Waals surface area contributed by atoms with Crippen LogP contribution in [-0.2, 0) is 22.6 Å². The monoisotopic (exact) mass is 462 g/mol. The van der Waals surface area contributed by atoms with Crippen molar-refractivity contribution in [2.75, 3.05) is 19.9 Å². The van der Waals surface area contributed by atoms with E-state index in [0.29, 0.717) is 25.1 Å². The summed E-state index contributed by atoms with van der Waals surface area (Å²) in [5.74, 6) is 1.14. The summed E-state index contributed by atoms with van der Waals surface area (Å²) in [7, 11) is 3.23. The Kier molecular flexibility index (Phi) is 9.39. The van der Waals surface area contributed by atoms with Gasteiger partial charge in [-0.15, -0.1) is 11.8 Å². The third kappa shape index (κ3) is 7.39. The van der Waals surface area contributed by atoms with Gasteiger partial charge in [-0.2, -0.15) is 0 Å². The lowest BCUT2D eigenvalue weighted by Crippen LogP contribution is -2.49. The van der Waals surface area contributed by atoms with Gasteiger partial charge in [-0.25, -0.2) is 0 Å². The largest absolute Gasteiger partial charge is 0.497 e. The second kappa shape index (κ2) is 12.7. The average molecular weight is 463 g/mol. The SMILES string of the molecule is CNC(=O)[C@H](Cc1ccccc1)N(Cc1cccc(OC)c1)C(=O)CCSc1ccccc1. The van der Waals surface area contributed by atoms with E-state index in [-0.39, 0.29) is 11.8 Å².